The van der Waals surface area contributed by atoms with E-state index < -0.39 is 11.6 Å². The molecule has 0 bridgehead atoms. The Balaban J connectivity index is 1.61. The number of rotatable bonds is 6. The first kappa shape index (κ1) is 19.5. The number of amides is 3. The van der Waals surface area contributed by atoms with Crippen molar-refractivity contribution in [2.75, 3.05) is 13.2 Å². The monoisotopic (exact) mass is 410 g/mol. The second-order valence-corrected chi connectivity index (χ2v) is 7.11. The minimum Gasteiger partial charge on any atom is -0.494 e. The molecule has 1 atom stereocenters. The molecule has 1 unspecified atom stereocenters. The molecule has 1 N–H and O–H groups in total. The molecule has 5 nitrogen and oxygen atoms in total. The highest BCUT2D eigenvalue weighted by Gasteiger charge is 2.48. The number of hydrogen-bond acceptors (Lipinski definition) is 3. The van der Waals surface area contributed by atoms with Crippen LogP contribution in [0.5, 0.6) is 5.75 Å². The minimum atomic E-state index is -1.21. The van der Waals surface area contributed by atoms with Gasteiger partial charge in [-0.25, -0.2) is 9.18 Å². The normalized spacial score (nSPS) is 19.3. The Morgan fingerprint density at radius 3 is 2.48 bits per heavy atom. The fraction of sp³-hybridized carbons (Fsp3) is 0.263. The number of ether oxygens (including phenoxy) is 1. The molecule has 1 aliphatic heterocycles. The Kier molecular flexibility index (Phi) is 5.58. The third-order valence-electron chi connectivity index (χ3n) is 4.38. The summed E-state index contributed by atoms with van der Waals surface area (Å²) in [5, 5.41) is 3.39. The molecule has 0 aromatic heterocycles. The van der Waals surface area contributed by atoms with Crippen LogP contribution < -0.4 is 10.1 Å². The van der Waals surface area contributed by atoms with Gasteiger partial charge in [0.2, 0.25) is 0 Å². The lowest BCUT2D eigenvalue weighted by molar-refractivity contribution is -0.131. The second-order valence-electron chi connectivity index (χ2n) is 6.30. The largest absolute Gasteiger partial charge is 0.494 e. The zero-order valence-electron chi connectivity index (χ0n) is 14.5. The Morgan fingerprint density at radius 1 is 1.11 bits per heavy atom. The van der Waals surface area contributed by atoms with E-state index in [2.05, 4.69) is 5.32 Å². The Bertz CT molecular complexity index is 876. The number of carbonyl (C=O) groups excluding carboxylic acids is 2. The van der Waals surface area contributed by atoms with Crippen LogP contribution in [0.2, 0.25) is 10.0 Å². The van der Waals surface area contributed by atoms with Crippen LogP contribution in [-0.2, 0) is 10.3 Å². The molecule has 0 spiro atoms. The van der Waals surface area contributed by atoms with E-state index in [1.54, 1.807) is 25.1 Å². The first-order valence-corrected chi connectivity index (χ1v) is 9.05. The van der Waals surface area contributed by atoms with Gasteiger partial charge in [0.05, 0.1) is 16.7 Å². The lowest BCUT2D eigenvalue weighted by Crippen LogP contribution is -2.41. The predicted octanol–water partition coefficient (Wildman–Crippen LogP) is 4.37. The number of nitrogens with one attached hydrogen (secondary N) is 1. The van der Waals surface area contributed by atoms with Crippen LogP contribution in [0.15, 0.2) is 42.5 Å². The average Bonchev–Trinajstić information content (AvgIpc) is 2.86. The molecule has 27 heavy (non-hydrogen) atoms. The minimum absolute atomic E-state index is 0.197. The van der Waals surface area contributed by atoms with E-state index in [0.717, 1.165) is 4.90 Å². The first-order chi connectivity index (χ1) is 12.8. The van der Waals surface area contributed by atoms with E-state index in [-0.39, 0.29) is 24.9 Å². The summed E-state index contributed by atoms with van der Waals surface area (Å²) in [6.45, 7) is 2.11. The number of imide groups is 1. The molecular formula is C19H17Cl2FN2O3. The Morgan fingerprint density at radius 2 is 1.81 bits per heavy atom. The maximum atomic E-state index is 12.9. The van der Waals surface area contributed by atoms with Crippen molar-refractivity contribution in [3.05, 3.63) is 63.9 Å². The Hall–Kier alpha value is -2.31. The van der Waals surface area contributed by atoms with Crippen molar-refractivity contribution in [1.82, 2.24) is 10.2 Å². The summed E-state index contributed by atoms with van der Waals surface area (Å²) in [6.07, 6.45) is 0.438. The fourth-order valence-corrected chi connectivity index (χ4v) is 3.14. The quantitative estimate of drug-likeness (QED) is 0.568. The summed E-state index contributed by atoms with van der Waals surface area (Å²) in [7, 11) is 0. The van der Waals surface area contributed by atoms with Crippen LogP contribution in [-0.4, -0.2) is 30.0 Å². The molecule has 1 aliphatic rings. The maximum Gasteiger partial charge on any atom is 0.325 e. The van der Waals surface area contributed by atoms with E-state index >= 15 is 0 Å². The van der Waals surface area contributed by atoms with Gasteiger partial charge in [-0.1, -0.05) is 29.3 Å². The molecule has 2 aromatic carbocycles. The van der Waals surface area contributed by atoms with Crippen LogP contribution in [0.1, 0.15) is 18.9 Å². The summed E-state index contributed by atoms with van der Waals surface area (Å²) in [5.74, 6) is -0.190. The topological polar surface area (TPSA) is 58.6 Å². The summed E-state index contributed by atoms with van der Waals surface area (Å²) >= 11 is 12.0. The van der Waals surface area contributed by atoms with Crippen molar-refractivity contribution in [3.63, 3.8) is 0 Å². The highest BCUT2D eigenvalue weighted by Crippen LogP contribution is 2.33. The fourth-order valence-electron chi connectivity index (χ4n) is 2.85. The lowest BCUT2D eigenvalue weighted by atomic mass is 9.92. The van der Waals surface area contributed by atoms with Crippen molar-refractivity contribution in [2.24, 2.45) is 0 Å². The van der Waals surface area contributed by atoms with Crippen LogP contribution >= 0.6 is 23.2 Å². The molecule has 0 aliphatic carbocycles. The molecule has 3 rings (SSSR count). The molecule has 0 saturated carbocycles. The van der Waals surface area contributed by atoms with Gasteiger partial charge in [-0.15, -0.1) is 0 Å². The second kappa shape index (κ2) is 7.74. The molecular weight excluding hydrogens is 394 g/mol. The number of benzene rings is 2. The third-order valence-corrected chi connectivity index (χ3v) is 5.12. The number of hydrogen-bond donors (Lipinski definition) is 1. The lowest BCUT2D eigenvalue weighted by Gasteiger charge is -2.22. The van der Waals surface area contributed by atoms with Crippen molar-refractivity contribution in [3.8, 4) is 5.75 Å². The van der Waals surface area contributed by atoms with Crippen LogP contribution in [0.4, 0.5) is 9.18 Å². The van der Waals surface area contributed by atoms with Gasteiger partial charge >= 0.3 is 6.03 Å². The van der Waals surface area contributed by atoms with Gasteiger partial charge in [-0.3, -0.25) is 9.69 Å². The van der Waals surface area contributed by atoms with Gasteiger partial charge < -0.3 is 10.1 Å². The van der Waals surface area contributed by atoms with Crippen molar-refractivity contribution in [1.29, 1.82) is 0 Å². The predicted molar refractivity (Wildman–Crippen MR) is 101 cm³/mol. The Labute approximate surface area is 166 Å². The van der Waals surface area contributed by atoms with Gasteiger partial charge in [-0.05, 0) is 55.3 Å². The molecule has 2 aromatic rings. The van der Waals surface area contributed by atoms with Gasteiger partial charge in [0.1, 0.15) is 17.1 Å². The summed E-state index contributed by atoms with van der Waals surface area (Å²) in [6, 6.07) is 9.98. The number of urea groups is 1. The molecule has 8 heteroatoms. The smallest absolute Gasteiger partial charge is 0.325 e. The van der Waals surface area contributed by atoms with Crippen LogP contribution in [0.25, 0.3) is 0 Å². The van der Waals surface area contributed by atoms with Gasteiger partial charge in [0.15, 0.2) is 0 Å². The van der Waals surface area contributed by atoms with Crippen molar-refractivity contribution >= 4 is 35.1 Å². The highest BCUT2D eigenvalue weighted by molar-refractivity contribution is 6.42. The molecule has 1 fully saturated rings. The molecule has 0 radical (unpaired) electrons. The third kappa shape index (κ3) is 4.01. The maximum absolute atomic E-state index is 12.9. The van der Waals surface area contributed by atoms with E-state index in [0.29, 0.717) is 27.8 Å². The average molecular weight is 411 g/mol. The zero-order chi connectivity index (χ0) is 19.6. The number of nitrogens with zero attached hydrogens (tertiary/aromatic N) is 1. The van der Waals surface area contributed by atoms with Crippen LogP contribution in [0, 0.1) is 5.82 Å². The number of carbonyl (C=O) groups is 2. The first-order valence-electron chi connectivity index (χ1n) is 8.29. The summed E-state index contributed by atoms with van der Waals surface area (Å²) < 4.78 is 18.4. The number of halogens is 3. The molecule has 3 amide bonds. The molecule has 1 saturated heterocycles. The van der Waals surface area contributed by atoms with E-state index in [1.807, 2.05) is 0 Å². The highest BCUT2D eigenvalue weighted by atomic mass is 35.5. The van der Waals surface area contributed by atoms with E-state index in [1.165, 1.54) is 24.3 Å². The van der Waals surface area contributed by atoms with Gasteiger partial charge in [-0.2, -0.15) is 0 Å². The summed E-state index contributed by atoms with van der Waals surface area (Å²) in [4.78, 5) is 26.2. The van der Waals surface area contributed by atoms with Gasteiger partial charge in [0, 0.05) is 6.54 Å². The van der Waals surface area contributed by atoms with Crippen molar-refractivity contribution < 1.29 is 18.7 Å². The van der Waals surface area contributed by atoms with Crippen LogP contribution in [0.3, 0.4) is 0 Å². The summed E-state index contributed by atoms with van der Waals surface area (Å²) in [5.41, 5.74) is -0.649. The molecule has 142 valence electrons. The standard InChI is InChI=1S/C19H17Cl2FN2O3/c1-19(12-3-8-15(20)16(21)11-12)17(25)24(18(26)23-19)9-2-10-27-14-6-4-13(22)5-7-14/h3-8,11H,2,9-10H2,1H3,(H,23,26). The SMILES string of the molecule is CC1(c2ccc(Cl)c(Cl)c2)NC(=O)N(CCCOc2ccc(F)cc2)C1=O. The van der Waals surface area contributed by atoms with Crippen molar-refractivity contribution in [2.45, 2.75) is 18.9 Å². The van der Waals surface area contributed by atoms with E-state index in [9.17, 15) is 14.0 Å². The molecule has 1 heterocycles. The zero-order valence-corrected chi connectivity index (χ0v) is 16.0. The van der Waals surface area contributed by atoms with E-state index in [4.69, 9.17) is 27.9 Å². The van der Waals surface area contributed by atoms with Gasteiger partial charge in [0.25, 0.3) is 5.91 Å².